The summed E-state index contributed by atoms with van der Waals surface area (Å²) in [7, 11) is 1.78. The molecule has 2 rings (SSSR count). The third-order valence-corrected chi connectivity index (χ3v) is 3.62. The second-order valence-electron chi connectivity index (χ2n) is 6.20. The standard InChI is InChI=1S/C15H21N3O3.ClH/c1-15(2)7-11-9(12(19)8-15)6-10(14(21)18-11)13(20)17-5-4-16-3;/h6,16H,4-5,7-8H2,1-3H3,(H,17,20)(H,18,21);1H. The van der Waals surface area contributed by atoms with E-state index in [1.54, 1.807) is 7.05 Å². The molecule has 0 aromatic carbocycles. The maximum Gasteiger partial charge on any atom is 0.261 e. The van der Waals surface area contributed by atoms with Crippen LogP contribution in [-0.4, -0.2) is 36.8 Å². The zero-order chi connectivity index (χ0) is 15.6. The number of rotatable bonds is 4. The molecule has 0 spiro atoms. The molecule has 0 unspecified atom stereocenters. The molecule has 0 saturated heterocycles. The number of pyridine rings is 1. The number of hydrogen-bond acceptors (Lipinski definition) is 4. The zero-order valence-corrected chi connectivity index (χ0v) is 13.9. The Morgan fingerprint density at radius 2 is 1.95 bits per heavy atom. The van der Waals surface area contributed by atoms with Gasteiger partial charge in [0, 0.05) is 30.8 Å². The largest absolute Gasteiger partial charge is 0.351 e. The van der Waals surface area contributed by atoms with Crippen LogP contribution in [-0.2, 0) is 6.42 Å². The highest BCUT2D eigenvalue weighted by molar-refractivity contribution is 6.02. The predicted molar refractivity (Wildman–Crippen MR) is 87.0 cm³/mol. The van der Waals surface area contributed by atoms with Crippen molar-refractivity contribution in [2.24, 2.45) is 5.41 Å². The highest BCUT2D eigenvalue weighted by Gasteiger charge is 2.32. The lowest BCUT2D eigenvalue weighted by atomic mass is 9.75. The van der Waals surface area contributed by atoms with E-state index >= 15 is 0 Å². The molecule has 0 bridgehead atoms. The number of halogens is 1. The molecule has 1 aliphatic carbocycles. The molecule has 1 aromatic heterocycles. The highest BCUT2D eigenvalue weighted by Crippen LogP contribution is 2.33. The molecule has 0 saturated carbocycles. The van der Waals surface area contributed by atoms with E-state index in [9.17, 15) is 14.4 Å². The van der Waals surface area contributed by atoms with Crippen molar-refractivity contribution >= 4 is 24.1 Å². The number of fused-ring (bicyclic) bond motifs is 1. The minimum absolute atomic E-state index is 0. The average molecular weight is 328 g/mol. The summed E-state index contributed by atoms with van der Waals surface area (Å²) in [5.74, 6) is -0.478. The summed E-state index contributed by atoms with van der Waals surface area (Å²) in [6, 6.07) is 1.43. The van der Waals surface area contributed by atoms with Crippen molar-refractivity contribution < 1.29 is 9.59 Å². The fourth-order valence-corrected chi connectivity index (χ4v) is 2.59. The lowest BCUT2D eigenvalue weighted by molar-refractivity contribution is 0.0910. The van der Waals surface area contributed by atoms with Crippen LogP contribution >= 0.6 is 12.4 Å². The first-order chi connectivity index (χ1) is 9.84. The monoisotopic (exact) mass is 327 g/mol. The van der Waals surface area contributed by atoms with Crippen LogP contribution in [0, 0.1) is 5.41 Å². The first-order valence-electron chi connectivity index (χ1n) is 7.06. The molecule has 7 heteroatoms. The van der Waals surface area contributed by atoms with Crippen LogP contribution in [0.1, 0.15) is 46.7 Å². The van der Waals surface area contributed by atoms with Gasteiger partial charge in [0.05, 0.1) is 0 Å². The third-order valence-electron chi connectivity index (χ3n) is 3.62. The Kier molecular flexibility index (Phi) is 5.91. The lowest BCUT2D eigenvalue weighted by Crippen LogP contribution is -2.36. The normalized spacial score (nSPS) is 15.7. The van der Waals surface area contributed by atoms with E-state index in [-0.39, 0.29) is 29.2 Å². The summed E-state index contributed by atoms with van der Waals surface area (Å²) in [6.45, 7) is 5.02. The van der Waals surface area contributed by atoms with E-state index < -0.39 is 11.5 Å². The number of aromatic nitrogens is 1. The molecule has 1 aromatic rings. The number of carbonyl (C=O) groups is 2. The first-order valence-corrected chi connectivity index (χ1v) is 7.06. The second-order valence-corrected chi connectivity index (χ2v) is 6.20. The van der Waals surface area contributed by atoms with E-state index in [2.05, 4.69) is 15.6 Å². The van der Waals surface area contributed by atoms with Crippen molar-refractivity contribution in [3.05, 3.63) is 33.2 Å². The Labute approximate surface area is 135 Å². The van der Waals surface area contributed by atoms with Gasteiger partial charge in [-0.05, 0) is 24.9 Å². The Bertz CT molecular complexity index is 637. The lowest BCUT2D eigenvalue weighted by Gasteiger charge is -2.29. The number of aromatic amines is 1. The van der Waals surface area contributed by atoms with Crippen molar-refractivity contribution in [1.82, 2.24) is 15.6 Å². The number of H-pyrrole nitrogens is 1. The van der Waals surface area contributed by atoms with Gasteiger partial charge in [-0.2, -0.15) is 0 Å². The SMILES string of the molecule is CNCCNC(=O)c1cc2c([nH]c1=O)CC(C)(C)CC2=O.Cl. The molecule has 122 valence electrons. The van der Waals surface area contributed by atoms with E-state index in [0.29, 0.717) is 37.2 Å². The van der Waals surface area contributed by atoms with Crippen LogP contribution in [0.3, 0.4) is 0 Å². The Morgan fingerprint density at radius 3 is 2.59 bits per heavy atom. The molecule has 22 heavy (non-hydrogen) atoms. The van der Waals surface area contributed by atoms with Crippen LogP contribution in [0.4, 0.5) is 0 Å². The Hall–Kier alpha value is -1.66. The number of carbonyl (C=O) groups excluding carboxylic acids is 2. The predicted octanol–water partition coefficient (Wildman–Crippen LogP) is 0.901. The number of Topliss-reactive ketones (excluding diaryl/α,β-unsaturated/α-hetero) is 1. The van der Waals surface area contributed by atoms with Crippen LogP contribution in [0.2, 0.25) is 0 Å². The molecule has 0 atom stereocenters. The molecule has 1 amide bonds. The minimum atomic E-state index is -0.452. The van der Waals surface area contributed by atoms with Gasteiger partial charge in [0.25, 0.3) is 11.5 Å². The molecule has 1 aliphatic rings. The van der Waals surface area contributed by atoms with Gasteiger partial charge >= 0.3 is 0 Å². The van der Waals surface area contributed by atoms with Gasteiger partial charge < -0.3 is 15.6 Å². The summed E-state index contributed by atoms with van der Waals surface area (Å²) in [4.78, 5) is 38.9. The van der Waals surface area contributed by atoms with Gasteiger partial charge in [-0.1, -0.05) is 13.8 Å². The molecular formula is C15H22ClN3O3. The highest BCUT2D eigenvalue weighted by atomic mass is 35.5. The van der Waals surface area contributed by atoms with Gasteiger partial charge in [-0.25, -0.2) is 0 Å². The Balaban J connectivity index is 0.00000242. The van der Waals surface area contributed by atoms with E-state index in [0.717, 1.165) is 0 Å². The van der Waals surface area contributed by atoms with Crippen molar-refractivity contribution in [3.63, 3.8) is 0 Å². The Morgan fingerprint density at radius 1 is 1.27 bits per heavy atom. The summed E-state index contributed by atoms with van der Waals surface area (Å²) in [5.41, 5.74) is 0.490. The van der Waals surface area contributed by atoms with Gasteiger partial charge in [-0.3, -0.25) is 14.4 Å². The average Bonchev–Trinajstić information content (AvgIpc) is 2.36. The second kappa shape index (κ2) is 7.07. The number of likely N-dealkylation sites (N-methyl/N-ethyl adjacent to an activating group) is 1. The number of nitrogens with one attached hydrogen (secondary N) is 3. The number of ketones is 1. The molecule has 3 N–H and O–H groups in total. The van der Waals surface area contributed by atoms with E-state index in [1.165, 1.54) is 6.07 Å². The minimum Gasteiger partial charge on any atom is -0.351 e. The smallest absolute Gasteiger partial charge is 0.261 e. The summed E-state index contributed by atoms with van der Waals surface area (Å²) in [5, 5.41) is 5.55. The van der Waals surface area contributed by atoms with Gasteiger partial charge in [0.15, 0.2) is 5.78 Å². The number of hydrogen-bond donors (Lipinski definition) is 3. The van der Waals surface area contributed by atoms with Gasteiger partial charge in [0.1, 0.15) is 5.56 Å². The maximum absolute atomic E-state index is 12.2. The van der Waals surface area contributed by atoms with Crippen LogP contribution in [0.25, 0.3) is 0 Å². The van der Waals surface area contributed by atoms with Crippen molar-refractivity contribution in [3.8, 4) is 0 Å². The first kappa shape index (κ1) is 18.4. The van der Waals surface area contributed by atoms with Crippen molar-refractivity contribution in [2.75, 3.05) is 20.1 Å². The molecule has 0 fully saturated rings. The fourth-order valence-electron chi connectivity index (χ4n) is 2.59. The molecule has 0 radical (unpaired) electrons. The van der Waals surface area contributed by atoms with Crippen molar-refractivity contribution in [1.29, 1.82) is 0 Å². The molecule has 0 aliphatic heterocycles. The number of amides is 1. The summed E-state index contributed by atoms with van der Waals surface area (Å²) < 4.78 is 0. The molecule has 6 nitrogen and oxygen atoms in total. The van der Waals surface area contributed by atoms with Gasteiger partial charge in [0.2, 0.25) is 0 Å². The third kappa shape index (κ3) is 3.96. The quantitative estimate of drug-likeness (QED) is 0.717. The maximum atomic E-state index is 12.2. The summed E-state index contributed by atoms with van der Waals surface area (Å²) >= 11 is 0. The fraction of sp³-hybridized carbons (Fsp3) is 0.533. The molecular weight excluding hydrogens is 306 g/mol. The topological polar surface area (TPSA) is 91.1 Å². The zero-order valence-electron chi connectivity index (χ0n) is 13.0. The van der Waals surface area contributed by atoms with Crippen LogP contribution in [0.15, 0.2) is 10.9 Å². The van der Waals surface area contributed by atoms with E-state index in [1.807, 2.05) is 13.8 Å². The van der Waals surface area contributed by atoms with Crippen LogP contribution < -0.4 is 16.2 Å². The van der Waals surface area contributed by atoms with Crippen LogP contribution in [0.5, 0.6) is 0 Å². The van der Waals surface area contributed by atoms with Gasteiger partial charge in [-0.15, -0.1) is 12.4 Å². The van der Waals surface area contributed by atoms with Crippen molar-refractivity contribution in [2.45, 2.75) is 26.7 Å². The van der Waals surface area contributed by atoms with E-state index in [4.69, 9.17) is 0 Å². The summed E-state index contributed by atoms with van der Waals surface area (Å²) in [6.07, 6.45) is 1.05. The molecule has 1 heterocycles.